The van der Waals surface area contributed by atoms with Crippen molar-refractivity contribution >= 4 is 29.2 Å². The lowest BCUT2D eigenvalue weighted by Gasteiger charge is -2.29. The van der Waals surface area contributed by atoms with Gasteiger partial charge >= 0.3 is 6.09 Å². The van der Waals surface area contributed by atoms with Gasteiger partial charge in [-0.2, -0.15) is 14.6 Å². The second-order valence-electron chi connectivity index (χ2n) is 12.6. The molecule has 0 saturated carbocycles. The summed E-state index contributed by atoms with van der Waals surface area (Å²) in [4.78, 5) is 39.0. The number of Topliss-reactive ketones (excluding diaryl/α,β-unsaturated/α-hetero) is 1. The Balaban J connectivity index is 1.43. The topological polar surface area (TPSA) is 114 Å². The molecule has 3 heterocycles. The van der Waals surface area contributed by atoms with Gasteiger partial charge in [-0.05, 0) is 72.1 Å². The zero-order valence-corrected chi connectivity index (χ0v) is 26.7. The Labute approximate surface area is 255 Å². The smallest absolute Gasteiger partial charge is 0.410 e. The van der Waals surface area contributed by atoms with Crippen LogP contribution in [-0.4, -0.2) is 86.4 Å². The molecule has 0 bridgehead atoms. The molecule has 3 aromatic rings. The van der Waals surface area contributed by atoms with Crippen LogP contribution >= 0.6 is 0 Å². The maximum atomic E-state index is 13.1. The fourth-order valence-electron chi connectivity index (χ4n) is 4.96. The number of ketones is 1. The Bertz CT molecular complexity index is 1390. The number of rotatable bonds is 12. The van der Waals surface area contributed by atoms with E-state index in [9.17, 15) is 9.59 Å². The number of amides is 1. The van der Waals surface area contributed by atoms with Gasteiger partial charge < -0.3 is 19.7 Å². The third kappa shape index (κ3) is 8.96. The van der Waals surface area contributed by atoms with E-state index < -0.39 is 5.60 Å². The quantitative estimate of drug-likeness (QED) is 0.205. The number of carbonyl (C=O) groups excluding carboxylic acids is 2. The second-order valence-corrected chi connectivity index (χ2v) is 12.6. The molecule has 1 amide bonds. The van der Waals surface area contributed by atoms with E-state index >= 15 is 0 Å². The summed E-state index contributed by atoms with van der Waals surface area (Å²) in [7, 11) is 2.05. The largest absolute Gasteiger partial charge is 0.444 e. The maximum absolute atomic E-state index is 13.1. The standard InChI is InChI=1S/C32H47N7O4/c1-8-38(31(41)43-32(4,5)6)16-10-9-14-27(40)23-12-11-13-24(18-23)34-30-36-28(19-25-15-17-37(7)21-42-25)35-29-26(22(2)3)20-33-39(29)30/h11-13,18,20,22,25H,8-10,14-17,19,21H2,1-7H3,(H,34,35,36). The Morgan fingerprint density at radius 2 is 2.00 bits per heavy atom. The number of nitrogens with one attached hydrogen (secondary N) is 1. The van der Waals surface area contributed by atoms with Crippen molar-refractivity contribution in [1.82, 2.24) is 29.4 Å². The van der Waals surface area contributed by atoms with Crippen LogP contribution < -0.4 is 5.32 Å². The number of unbranched alkanes of at least 4 members (excludes halogenated alkanes) is 1. The summed E-state index contributed by atoms with van der Waals surface area (Å²) < 4.78 is 13.2. The van der Waals surface area contributed by atoms with Crippen LogP contribution in [0.1, 0.15) is 94.9 Å². The minimum absolute atomic E-state index is 0.0538. The predicted molar refractivity (Wildman–Crippen MR) is 167 cm³/mol. The molecule has 0 aliphatic carbocycles. The Morgan fingerprint density at radius 3 is 2.67 bits per heavy atom. The van der Waals surface area contributed by atoms with Crippen LogP contribution in [0, 0.1) is 0 Å². The first kappa shape index (κ1) is 32.3. The molecule has 0 radical (unpaired) electrons. The molecule has 234 valence electrons. The predicted octanol–water partition coefficient (Wildman–Crippen LogP) is 5.82. The van der Waals surface area contributed by atoms with E-state index in [1.165, 1.54) is 0 Å². The van der Waals surface area contributed by atoms with Gasteiger partial charge in [0, 0.05) is 49.3 Å². The van der Waals surface area contributed by atoms with Crippen molar-refractivity contribution in [2.45, 2.75) is 91.3 Å². The first-order chi connectivity index (χ1) is 20.4. The van der Waals surface area contributed by atoms with Crippen molar-refractivity contribution in [2.75, 3.05) is 38.7 Å². The van der Waals surface area contributed by atoms with E-state index in [0.29, 0.717) is 56.4 Å². The van der Waals surface area contributed by atoms with E-state index in [-0.39, 0.29) is 23.9 Å². The molecule has 1 aromatic carbocycles. The molecule has 43 heavy (non-hydrogen) atoms. The Kier molecular flexibility index (Phi) is 10.7. The van der Waals surface area contributed by atoms with Crippen molar-refractivity contribution in [3.8, 4) is 0 Å². The van der Waals surface area contributed by atoms with Crippen LogP contribution in [-0.2, 0) is 15.9 Å². The lowest BCUT2D eigenvalue weighted by molar-refractivity contribution is -0.0574. The van der Waals surface area contributed by atoms with Crippen LogP contribution in [0.3, 0.4) is 0 Å². The lowest BCUT2D eigenvalue weighted by Crippen LogP contribution is -2.37. The van der Waals surface area contributed by atoms with Gasteiger partial charge in [-0.1, -0.05) is 26.0 Å². The van der Waals surface area contributed by atoms with Crippen LogP contribution in [0.4, 0.5) is 16.4 Å². The molecule has 11 nitrogen and oxygen atoms in total. The molecular formula is C32H47N7O4. The van der Waals surface area contributed by atoms with Crippen LogP contribution in [0.25, 0.3) is 5.65 Å². The molecular weight excluding hydrogens is 546 g/mol. The normalized spacial score (nSPS) is 16.0. The van der Waals surface area contributed by atoms with Crippen molar-refractivity contribution in [3.63, 3.8) is 0 Å². The van der Waals surface area contributed by atoms with Gasteiger partial charge in [0.05, 0.1) is 19.0 Å². The summed E-state index contributed by atoms with van der Waals surface area (Å²) >= 11 is 0. The number of carbonyl (C=O) groups is 2. The number of hydrogen-bond donors (Lipinski definition) is 1. The van der Waals surface area contributed by atoms with E-state index in [1.807, 2.05) is 65.2 Å². The maximum Gasteiger partial charge on any atom is 0.410 e. The van der Waals surface area contributed by atoms with Gasteiger partial charge in [0.1, 0.15) is 11.4 Å². The third-order valence-corrected chi connectivity index (χ3v) is 7.39. The van der Waals surface area contributed by atoms with Crippen molar-refractivity contribution in [3.05, 3.63) is 47.4 Å². The van der Waals surface area contributed by atoms with Crippen molar-refractivity contribution < 1.29 is 19.1 Å². The molecule has 1 fully saturated rings. The monoisotopic (exact) mass is 593 g/mol. The summed E-state index contributed by atoms with van der Waals surface area (Å²) in [5.74, 6) is 1.55. The molecule has 1 N–H and O–H groups in total. The number of nitrogens with zero attached hydrogens (tertiary/aromatic N) is 6. The molecule has 11 heteroatoms. The minimum Gasteiger partial charge on any atom is -0.444 e. The molecule has 1 unspecified atom stereocenters. The lowest BCUT2D eigenvalue weighted by atomic mass is 10.0. The van der Waals surface area contributed by atoms with Crippen LogP contribution in [0.5, 0.6) is 0 Å². The third-order valence-electron chi connectivity index (χ3n) is 7.39. The second kappa shape index (κ2) is 14.3. The SMILES string of the molecule is CCN(CCCCC(=O)c1cccc(Nc2nc(CC3CCN(C)CO3)nc3c(C(C)C)cnn23)c1)C(=O)OC(C)(C)C. The van der Waals surface area contributed by atoms with E-state index in [1.54, 1.807) is 9.42 Å². The number of anilines is 2. The number of aromatic nitrogens is 4. The van der Waals surface area contributed by atoms with Gasteiger partial charge in [0.15, 0.2) is 11.4 Å². The molecule has 1 aliphatic heterocycles. The average Bonchev–Trinajstić information content (AvgIpc) is 3.38. The van der Waals surface area contributed by atoms with Crippen LogP contribution in [0.2, 0.25) is 0 Å². The van der Waals surface area contributed by atoms with Gasteiger partial charge in [0.2, 0.25) is 5.95 Å². The highest BCUT2D eigenvalue weighted by molar-refractivity contribution is 5.97. The van der Waals surface area contributed by atoms with E-state index in [0.717, 1.165) is 36.3 Å². The Morgan fingerprint density at radius 1 is 1.21 bits per heavy atom. The Hall–Kier alpha value is -3.57. The number of benzene rings is 1. The number of ether oxygens (including phenoxy) is 2. The number of hydrogen-bond acceptors (Lipinski definition) is 9. The molecule has 1 aliphatic rings. The fraction of sp³-hybridized carbons (Fsp3) is 0.594. The zero-order chi connectivity index (χ0) is 31.1. The van der Waals surface area contributed by atoms with Gasteiger partial charge in [-0.25, -0.2) is 9.78 Å². The highest BCUT2D eigenvalue weighted by atomic mass is 16.6. The zero-order valence-electron chi connectivity index (χ0n) is 26.7. The molecule has 4 rings (SSSR count). The highest BCUT2D eigenvalue weighted by Gasteiger charge is 2.23. The summed E-state index contributed by atoms with van der Waals surface area (Å²) in [5, 5.41) is 7.97. The van der Waals surface area contributed by atoms with Gasteiger partial charge in [-0.15, -0.1) is 0 Å². The first-order valence-corrected chi connectivity index (χ1v) is 15.4. The van der Waals surface area contributed by atoms with Crippen molar-refractivity contribution in [1.29, 1.82) is 0 Å². The first-order valence-electron chi connectivity index (χ1n) is 15.4. The summed E-state index contributed by atoms with van der Waals surface area (Å²) in [6, 6.07) is 7.46. The fourth-order valence-corrected chi connectivity index (χ4v) is 4.96. The van der Waals surface area contributed by atoms with Crippen molar-refractivity contribution in [2.24, 2.45) is 0 Å². The van der Waals surface area contributed by atoms with Gasteiger partial charge in [0.25, 0.3) is 0 Å². The summed E-state index contributed by atoms with van der Waals surface area (Å²) in [6.07, 6.45) is 4.91. The van der Waals surface area contributed by atoms with Crippen LogP contribution in [0.15, 0.2) is 30.5 Å². The summed E-state index contributed by atoms with van der Waals surface area (Å²) in [6.45, 7) is 14.4. The molecule has 1 atom stereocenters. The summed E-state index contributed by atoms with van der Waals surface area (Å²) in [5.41, 5.74) is 2.66. The number of fused-ring (bicyclic) bond motifs is 1. The highest BCUT2D eigenvalue weighted by Crippen LogP contribution is 2.24. The molecule has 1 saturated heterocycles. The minimum atomic E-state index is -0.534. The van der Waals surface area contributed by atoms with Gasteiger partial charge in [-0.3, -0.25) is 9.69 Å². The molecule has 0 spiro atoms. The average molecular weight is 594 g/mol. The molecule has 2 aromatic heterocycles. The van der Waals surface area contributed by atoms with E-state index in [2.05, 4.69) is 29.2 Å². The van der Waals surface area contributed by atoms with E-state index in [4.69, 9.17) is 19.4 Å².